The molecular weight excluding hydrogens is 379 g/mol. The minimum atomic E-state index is -0.401. The molecule has 0 fully saturated rings. The third kappa shape index (κ3) is 6.17. The van der Waals surface area contributed by atoms with E-state index in [1.165, 1.54) is 11.6 Å². The molecule has 0 aromatic heterocycles. The number of nitrogens with zero attached hydrogens (tertiary/aromatic N) is 2. The Morgan fingerprint density at radius 2 is 1.70 bits per heavy atom. The van der Waals surface area contributed by atoms with Gasteiger partial charge in [-0.2, -0.15) is 5.10 Å². The number of carbonyl (C=O) groups is 1. The second-order valence-corrected chi connectivity index (χ2v) is 6.72. The minimum Gasteiger partial charge on any atom is -0.374 e. The largest absolute Gasteiger partial charge is 0.374 e. The van der Waals surface area contributed by atoms with Crippen LogP contribution in [0, 0.1) is 5.82 Å². The number of nitrogens with one attached hydrogen (secondary N) is 2. The summed E-state index contributed by atoms with van der Waals surface area (Å²) in [5.74, 6) is -0.756. The maximum atomic E-state index is 13.5. The van der Waals surface area contributed by atoms with Crippen molar-refractivity contribution in [1.29, 1.82) is 0 Å². The van der Waals surface area contributed by atoms with Crippen LogP contribution in [0.2, 0.25) is 0 Å². The minimum absolute atomic E-state index is 0.0673. The highest BCUT2D eigenvalue weighted by molar-refractivity contribution is 5.84. The van der Waals surface area contributed by atoms with E-state index in [0.29, 0.717) is 0 Å². The Hall–Kier alpha value is -3.67. The summed E-state index contributed by atoms with van der Waals surface area (Å²) in [7, 11) is 0. The summed E-state index contributed by atoms with van der Waals surface area (Å²) in [6, 6.07) is 24.5. The summed E-state index contributed by atoms with van der Waals surface area (Å²) in [6.45, 7) is 3.80. The van der Waals surface area contributed by atoms with Crippen LogP contribution in [0.5, 0.6) is 0 Å². The maximum absolute atomic E-state index is 13.5. The van der Waals surface area contributed by atoms with Gasteiger partial charge in [-0.15, -0.1) is 0 Å². The average Bonchev–Trinajstić information content (AvgIpc) is 2.78. The second kappa shape index (κ2) is 10.8. The first-order valence-corrected chi connectivity index (χ1v) is 9.85. The van der Waals surface area contributed by atoms with Gasteiger partial charge in [0.25, 0.3) is 5.91 Å². The normalized spacial score (nSPS) is 10.7. The molecule has 0 heterocycles. The molecule has 5 nitrogen and oxygen atoms in total. The van der Waals surface area contributed by atoms with Crippen molar-refractivity contribution in [3.63, 3.8) is 0 Å². The number of amides is 1. The molecule has 2 N–H and O–H groups in total. The van der Waals surface area contributed by atoms with E-state index in [9.17, 15) is 9.18 Å². The number of para-hydroxylation sites is 1. The van der Waals surface area contributed by atoms with Crippen LogP contribution in [-0.4, -0.2) is 25.2 Å². The highest BCUT2D eigenvalue weighted by Crippen LogP contribution is 2.17. The Bertz CT molecular complexity index is 974. The lowest BCUT2D eigenvalue weighted by atomic mass is 10.1. The van der Waals surface area contributed by atoms with E-state index < -0.39 is 5.82 Å². The van der Waals surface area contributed by atoms with Crippen LogP contribution in [-0.2, 0) is 11.3 Å². The second-order valence-electron chi connectivity index (χ2n) is 6.72. The Morgan fingerprint density at radius 1 is 1.00 bits per heavy atom. The van der Waals surface area contributed by atoms with Crippen LogP contribution in [0.25, 0.3) is 0 Å². The molecule has 0 unspecified atom stereocenters. The van der Waals surface area contributed by atoms with Gasteiger partial charge in [-0.3, -0.25) is 4.79 Å². The number of hydrogen-bond acceptors (Lipinski definition) is 4. The number of halogens is 1. The SMILES string of the molecule is CCN(Cc1ccccc1)c1ccc(/C=N\NC(=O)CNc2ccccc2F)cc1. The van der Waals surface area contributed by atoms with Gasteiger partial charge in [0.15, 0.2) is 0 Å². The summed E-state index contributed by atoms with van der Waals surface area (Å²) >= 11 is 0. The number of hydrogen-bond donors (Lipinski definition) is 2. The Balaban J connectivity index is 1.50. The Kier molecular flexibility index (Phi) is 7.55. The van der Waals surface area contributed by atoms with Crippen LogP contribution >= 0.6 is 0 Å². The maximum Gasteiger partial charge on any atom is 0.259 e. The molecule has 30 heavy (non-hydrogen) atoms. The van der Waals surface area contributed by atoms with Gasteiger partial charge < -0.3 is 10.2 Å². The van der Waals surface area contributed by atoms with E-state index in [-0.39, 0.29) is 18.1 Å². The van der Waals surface area contributed by atoms with Gasteiger partial charge in [0, 0.05) is 18.8 Å². The van der Waals surface area contributed by atoms with Gasteiger partial charge >= 0.3 is 0 Å². The van der Waals surface area contributed by atoms with Crippen molar-refractivity contribution >= 4 is 23.5 Å². The molecule has 0 radical (unpaired) electrons. The monoisotopic (exact) mass is 404 g/mol. The van der Waals surface area contributed by atoms with Gasteiger partial charge in [-0.05, 0) is 42.3 Å². The topological polar surface area (TPSA) is 56.7 Å². The van der Waals surface area contributed by atoms with Crippen LogP contribution in [0.3, 0.4) is 0 Å². The molecule has 0 spiro atoms. The van der Waals surface area contributed by atoms with Crippen molar-refractivity contribution < 1.29 is 9.18 Å². The highest BCUT2D eigenvalue weighted by Gasteiger charge is 2.05. The molecule has 154 valence electrons. The van der Waals surface area contributed by atoms with E-state index in [4.69, 9.17) is 0 Å². The average molecular weight is 404 g/mol. The summed E-state index contributed by atoms with van der Waals surface area (Å²) in [6.07, 6.45) is 1.58. The molecule has 1 amide bonds. The zero-order valence-electron chi connectivity index (χ0n) is 16.9. The van der Waals surface area contributed by atoms with E-state index in [2.05, 4.69) is 39.8 Å². The highest BCUT2D eigenvalue weighted by atomic mass is 19.1. The molecule has 3 aromatic rings. The fourth-order valence-electron chi connectivity index (χ4n) is 2.96. The lowest BCUT2D eigenvalue weighted by Gasteiger charge is -2.23. The van der Waals surface area contributed by atoms with Gasteiger partial charge in [-0.25, -0.2) is 9.82 Å². The van der Waals surface area contributed by atoms with Gasteiger partial charge in [-0.1, -0.05) is 54.6 Å². The number of anilines is 2. The summed E-state index contributed by atoms with van der Waals surface area (Å²) < 4.78 is 13.5. The van der Waals surface area contributed by atoms with Crippen molar-refractivity contribution in [2.24, 2.45) is 5.10 Å². The summed E-state index contributed by atoms with van der Waals surface area (Å²) in [4.78, 5) is 14.1. The first-order valence-electron chi connectivity index (χ1n) is 9.85. The van der Waals surface area contributed by atoms with Gasteiger partial charge in [0.2, 0.25) is 0 Å². The Morgan fingerprint density at radius 3 is 2.40 bits per heavy atom. The fraction of sp³-hybridized carbons (Fsp3) is 0.167. The lowest BCUT2D eigenvalue weighted by molar-refractivity contribution is -0.119. The molecule has 0 aliphatic carbocycles. The zero-order chi connectivity index (χ0) is 21.2. The molecule has 0 bridgehead atoms. The van der Waals surface area contributed by atoms with E-state index >= 15 is 0 Å². The van der Waals surface area contributed by atoms with Crippen molar-refractivity contribution in [3.8, 4) is 0 Å². The number of benzene rings is 3. The van der Waals surface area contributed by atoms with Crippen LogP contribution in [0.4, 0.5) is 15.8 Å². The van der Waals surface area contributed by atoms with Gasteiger partial charge in [0.1, 0.15) is 5.82 Å². The predicted octanol–water partition coefficient (Wildman–Crippen LogP) is 4.41. The molecule has 3 rings (SSSR count). The number of carbonyl (C=O) groups excluding carboxylic acids is 1. The van der Waals surface area contributed by atoms with Crippen molar-refractivity contribution in [2.75, 3.05) is 23.3 Å². The molecule has 0 aliphatic rings. The van der Waals surface area contributed by atoms with Crippen LogP contribution < -0.4 is 15.6 Å². The fourth-order valence-corrected chi connectivity index (χ4v) is 2.96. The smallest absolute Gasteiger partial charge is 0.259 e. The first kappa shape index (κ1) is 21.0. The quantitative estimate of drug-likeness (QED) is 0.410. The molecule has 0 aliphatic heterocycles. The van der Waals surface area contributed by atoms with E-state index in [1.54, 1.807) is 24.4 Å². The molecule has 3 aromatic carbocycles. The molecule has 6 heteroatoms. The third-order valence-corrected chi connectivity index (χ3v) is 4.57. The standard InChI is InChI=1S/C24H25FN4O/c1-2-29(18-20-8-4-3-5-9-20)21-14-12-19(13-15-21)16-27-28-24(30)17-26-23-11-7-6-10-22(23)25/h3-16,26H,2,17-18H2,1H3,(H,28,30)/b27-16-. The number of rotatable bonds is 9. The van der Waals surface area contributed by atoms with Crippen LogP contribution in [0.1, 0.15) is 18.1 Å². The van der Waals surface area contributed by atoms with Gasteiger partial charge in [0.05, 0.1) is 18.4 Å². The zero-order valence-corrected chi connectivity index (χ0v) is 16.9. The van der Waals surface area contributed by atoms with Crippen molar-refractivity contribution in [3.05, 3.63) is 95.8 Å². The lowest BCUT2D eigenvalue weighted by Crippen LogP contribution is -2.26. The third-order valence-electron chi connectivity index (χ3n) is 4.57. The van der Waals surface area contributed by atoms with Crippen molar-refractivity contribution in [1.82, 2.24) is 5.43 Å². The molecular formula is C24H25FN4O. The van der Waals surface area contributed by atoms with E-state index in [1.807, 2.05) is 42.5 Å². The van der Waals surface area contributed by atoms with E-state index in [0.717, 1.165) is 24.3 Å². The van der Waals surface area contributed by atoms with Crippen LogP contribution in [0.15, 0.2) is 84.0 Å². The first-order chi connectivity index (χ1) is 14.7. The Labute approximate surface area is 176 Å². The number of hydrazone groups is 1. The summed E-state index contributed by atoms with van der Waals surface area (Å²) in [5.41, 5.74) is 5.97. The molecule has 0 saturated heterocycles. The predicted molar refractivity (Wildman–Crippen MR) is 120 cm³/mol. The molecule has 0 atom stereocenters. The summed E-state index contributed by atoms with van der Waals surface area (Å²) in [5, 5.41) is 6.71. The molecule has 0 saturated carbocycles. The van der Waals surface area contributed by atoms with Crippen molar-refractivity contribution in [2.45, 2.75) is 13.5 Å².